The molecular formula is C14H11ClN2O. The highest BCUT2D eigenvalue weighted by atomic mass is 35.5. The molecular weight excluding hydrogens is 248 g/mol. The van der Waals surface area contributed by atoms with Gasteiger partial charge in [-0.05, 0) is 23.8 Å². The molecule has 1 amide bonds. The minimum absolute atomic E-state index is 0.0732. The summed E-state index contributed by atoms with van der Waals surface area (Å²) >= 11 is 5.90. The van der Waals surface area contributed by atoms with Crippen molar-refractivity contribution in [2.45, 2.75) is 6.04 Å². The lowest BCUT2D eigenvalue weighted by atomic mass is 10.0. The van der Waals surface area contributed by atoms with E-state index >= 15 is 0 Å². The Balaban J connectivity index is 1.97. The highest BCUT2D eigenvalue weighted by molar-refractivity contribution is 6.31. The fourth-order valence-corrected chi connectivity index (χ4v) is 2.22. The second-order valence-corrected chi connectivity index (χ2v) is 4.60. The Labute approximate surface area is 110 Å². The lowest BCUT2D eigenvalue weighted by Crippen LogP contribution is -2.31. The number of hydrogen-bond donors (Lipinski definition) is 2. The van der Waals surface area contributed by atoms with Gasteiger partial charge in [0.1, 0.15) is 6.04 Å². The van der Waals surface area contributed by atoms with Gasteiger partial charge < -0.3 is 10.6 Å². The molecule has 1 atom stereocenters. The van der Waals surface area contributed by atoms with Crippen LogP contribution in [0.2, 0.25) is 5.02 Å². The first-order valence-electron chi connectivity index (χ1n) is 5.66. The van der Waals surface area contributed by atoms with Gasteiger partial charge in [0, 0.05) is 5.02 Å². The molecule has 1 heterocycles. The van der Waals surface area contributed by atoms with Crippen molar-refractivity contribution in [3.8, 4) is 0 Å². The molecule has 0 saturated carbocycles. The zero-order valence-corrected chi connectivity index (χ0v) is 10.2. The molecule has 2 aromatic rings. The third-order valence-electron chi connectivity index (χ3n) is 2.93. The molecule has 0 saturated heterocycles. The molecule has 4 heteroatoms. The van der Waals surface area contributed by atoms with Crippen molar-refractivity contribution < 1.29 is 4.79 Å². The molecule has 1 aliphatic heterocycles. The van der Waals surface area contributed by atoms with E-state index in [0.717, 1.165) is 16.9 Å². The van der Waals surface area contributed by atoms with E-state index in [2.05, 4.69) is 10.6 Å². The van der Waals surface area contributed by atoms with Gasteiger partial charge in [-0.15, -0.1) is 0 Å². The Morgan fingerprint density at radius 3 is 2.56 bits per heavy atom. The van der Waals surface area contributed by atoms with Crippen molar-refractivity contribution in [3.05, 3.63) is 59.1 Å². The number of rotatable bonds is 1. The Kier molecular flexibility index (Phi) is 2.68. The zero-order chi connectivity index (χ0) is 12.5. The summed E-state index contributed by atoms with van der Waals surface area (Å²) in [7, 11) is 0. The van der Waals surface area contributed by atoms with E-state index < -0.39 is 0 Å². The summed E-state index contributed by atoms with van der Waals surface area (Å²) in [5.41, 5.74) is 2.54. The van der Waals surface area contributed by atoms with Gasteiger partial charge in [0.2, 0.25) is 0 Å². The summed E-state index contributed by atoms with van der Waals surface area (Å²) in [5, 5.41) is 6.69. The molecule has 0 aliphatic carbocycles. The van der Waals surface area contributed by atoms with Crippen LogP contribution in [0, 0.1) is 0 Å². The minimum Gasteiger partial charge on any atom is -0.368 e. The molecule has 2 aromatic carbocycles. The largest absolute Gasteiger partial charge is 0.368 e. The predicted molar refractivity (Wildman–Crippen MR) is 72.9 cm³/mol. The van der Waals surface area contributed by atoms with Crippen LogP contribution in [0.4, 0.5) is 11.4 Å². The van der Waals surface area contributed by atoms with E-state index in [0.29, 0.717) is 5.02 Å². The first-order valence-corrected chi connectivity index (χ1v) is 6.04. The van der Waals surface area contributed by atoms with Gasteiger partial charge in [0.15, 0.2) is 0 Å². The normalized spacial score (nSPS) is 17.6. The molecule has 0 spiro atoms. The van der Waals surface area contributed by atoms with Crippen LogP contribution in [-0.2, 0) is 4.79 Å². The lowest BCUT2D eigenvalue weighted by Gasteiger charge is -2.27. The number of benzene rings is 2. The van der Waals surface area contributed by atoms with Gasteiger partial charge in [0.25, 0.3) is 5.91 Å². The maximum Gasteiger partial charge on any atom is 0.251 e. The Morgan fingerprint density at radius 1 is 1.00 bits per heavy atom. The number of halogens is 1. The molecule has 90 valence electrons. The van der Waals surface area contributed by atoms with Crippen molar-refractivity contribution in [2.75, 3.05) is 10.6 Å². The molecule has 1 aliphatic rings. The maximum atomic E-state index is 12.1. The monoisotopic (exact) mass is 258 g/mol. The summed E-state index contributed by atoms with van der Waals surface area (Å²) in [5.74, 6) is -0.0732. The summed E-state index contributed by atoms with van der Waals surface area (Å²) in [6, 6.07) is 14.7. The Bertz CT molecular complexity index is 598. The van der Waals surface area contributed by atoms with Crippen LogP contribution < -0.4 is 10.6 Å². The van der Waals surface area contributed by atoms with Crippen LogP contribution in [0.5, 0.6) is 0 Å². The first-order chi connectivity index (χ1) is 8.74. The zero-order valence-electron chi connectivity index (χ0n) is 9.48. The SMILES string of the molecule is O=C1Nc2cc(Cl)ccc2NC1c1ccccc1. The highest BCUT2D eigenvalue weighted by Crippen LogP contribution is 2.33. The van der Waals surface area contributed by atoms with Gasteiger partial charge in [-0.3, -0.25) is 4.79 Å². The molecule has 18 heavy (non-hydrogen) atoms. The van der Waals surface area contributed by atoms with Crippen LogP contribution in [-0.4, -0.2) is 5.91 Å². The highest BCUT2D eigenvalue weighted by Gasteiger charge is 2.26. The Morgan fingerprint density at radius 2 is 1.78 bits per heavy atom. The van der Waals surface area contributed by atoms with Crippen LogP contribution in [0.1, 0.15) is 11.6 Å². The second kappa shape index (κ2) is 4.35. The smallest absolute Gasteiger partial charge is 0.251 e. The summed E-state index contributed by atoms with van der Waals surface area (Å²) in [6.45, 7) is 0. The Hall–Kier alpha value is -2.00. The van der Waals surface area contributed by atoms with E-state index in [1.807, 2.05) is 36.4 Å². The quantitative estimate of drug-likeness (QED) is 0.823. The predicted octanol–water partition coefficient (Wildman–Crippen LogP) is 3.45. The number of carbonyl (C=O) groups excluding carboxylic acids is 1. The molecule has 0 bridgehead atoms. The first kappa shape index (κ1) is 11.1. The fourth-order valence-electron chi connectivity index (χ4n) is 2.05. The van der Waals surface area contributed by atoms with Crippen molar-refractivity contribution in [2.24, 2.45) is 0 Å². The average molecular weight is 259 g/mol. The van der Waals surface area contributed by atoms with E-state index in [-0.39, 0.29) is 11.9 Å². The van der Waals surface area contributed by atoms with E-state index in [9.17, 15) is 4.79 Å². The fraction of sp³-hybridized carbons (Fsp3) is 0.0714. The van der Waals surface area contributed by atoms with Crippen molar-refractivity contribution in [1.29, 1.82) is 0 Å². The van der Waals surface area contributed by atoms with Gasteiger partial charge in [-0.2, -0.15) is 0 Å². The van der Waals surface area contributed by atoms with Gasteiger partial charge in [0.05, 0.1) is 11.4 Å². The molecule has 1 unspecified atom stereocenters. The standard InChI is InChI=1S/C14H11ClN2O/c15-10-6-7-11-12(8-10)17-14(18)13(16-11)9-4-2-1-3-5-9/h1-8,13,16H,(H,17,18). The lowest BCUT2D eigenvalue weighted by molar-refractivity contribution is -0.117. The number of nitrogens with one attached hydrogen (secondary N) is 2. The van der Waals surface area contributed by atoms with Crippen molar-refractivity contribution in [3.63, 3.8) is 0 Å². The molecule has 2 N–H and O–H groups in total. The minimum atomic E-state index is -0.361. The topological polar surface area (TPSA) is 41.1 Å². The van der Waals surface area contributed by atoms with Gasteiger partial charge in [-0.1, -0.05) is 41.9 Å². The van der Waals surface area contributed by atoms with Crippen molar-refractivity contribution in [1.82, 2.24) is 0 Å². The van der Waals surface area contributed by atoms with Crippen LogP contribution in [0.25, 0.3) is 0 Å². The number of fused-ring (bicyclic) bond motifs is 1. The van der Waals surface area contributed by atoms with Crippen molar-refractivity contribution >= 4 is 28.9 Å². The summed E-state index contributed by atoms with van der Waals surface area (Å²) in [6.07, 6.45) is 0. The summed E-state index contributed by atoms with van der Waals surface area (Å²) in [4.78, 5) is 12.1. The van der Waals surface area contributed by atoms with Crippen LogP contribution >= 0.6 is 11.6 Å². The summed E-state index contributed by atoms with van der Waals surface area (Å²) < 4.78 is 0. The molecule has 0 fully saturated rings. The number of anilines is 2. The molecule has 3 rings (SSSR count). The molecule has 0 aromatic heterocycles. The number of hydrogen-bond acceptors (Lipinski definition) is 2. The van der Waals surface area contributed by atoms with Crippen LogP contribution in [0.15, 0.2) is 48.5 Å². The van der Waals surface area contributed by atoms with Gasteiger partial charge >= 0.3 is 0 Å². The van der Waals surface area contributed by atoms with Crippen LogP contribution in [0.3, 0.4) is 0 Å². The van der Waals surface area contributed by atoms with Gasteiger partial charge in [-0.25, -0.2) is 0 Å². The second-order valence-electron chi connectivity index (χ2n) is 4.17. The molecule has 3 nitrogen and oxygen atoms in total. The maximum absolute atomic E-state index is 12.1. The van der Waals surface area contributed by atoms with E-state index in [1.165, 1.54) is 0 Å². The third kappa shape index (κ3) is 1.93. The molecule has 0 radical (unpaired) electrons. The number of amides is 1. The number of carbonyl (C=O) groups is 1. The third-order valence-corrected chi connectivity index (χ3v) is 3.17. The van der Waals surface area contributed by atoms with E-state index in [1.54, 1.807) is 12.1 Å². The van der Waals surface area contributed by atoms with E-state index in [4.69, 9.17) is 11.6 Å². The average Bonchev–Trinajstić information content (AvgIpc) is 2.39.